The van der Waals surface area contributed by atoms with Crippen molar-refractivity contribution in [1.29, 1.82) is 0 Å². The third kappa shape index (κ3) is 6.92. The van der Waals surface area contributed by atoms with Crippen LogP contribution >= 0.6 is 12.4 Å². The molecule has 0 aliphatic heterocycles. The molecule has 10 heteroatoms. The third-order valence-electron chi connectivity index (χ3n) is 1.65. The van der Waals surface area contributed by atoms with Gasteiger partial charge in [-0.1, -0.05) is 0 Å². The van der Waals surface area contributed by atoms with Gasteiger partial charge in [0.05, 0.1) is 5.10 Å². The molecule has 0 aliphatic carbocycles. The van der Waals surface area contributed by atoms with Gasteiger partial charge in [-0.15, -0.1) is 12.4 Å². The van der Waals surface area contributed by atoms with Gasteiger partial charge < -0.3 is 11.5 Å². The summed E-state index contributed by atoms with van der Waals surface area (Å²) in [7, 11) is 0. The fraction of sp³-hybridized carbons (Fsp3) is 0.667. The van der Waals surface area contributed by atoms with Gasteiger partial charge in [-0.05, 0) is 19.4 Å². The molecule has 6 N–H and O–H groups in total. The van der Waals surface area contributed by atoms with Crippen LogP contribution in [0.4, 0.5) is 0 Å². The van der Waals surface area contributed by atoms with Gasteiger partial charge in [0.2, 0.25) is 5.91 Å². The van der Waals surface area contributed by atoms with E-state index in [1.165, 1.54) is 0 Å². The Morgan fingerprint density at radius 3 is 2.56 bits per heavy atom. The number of hydrogen-bond donors (Lipinski definition) is 3. The number of nitrogens with zero attached hydrogens (tertiary/aromatic N) is 3. The smallest absolute Gasteiger partial charge is 0.241 e. The molecular weight excluding hydrogens is 240 g/mol. The molecule has 0 fully saturated rings. The van der Waals surface area contributed by atoms with E-state index in [2.05, 4.69) is 5.10 Å². The van der Waals surface area contributed by atoms with Crippen molar-refractivity contribution in [2.75, 3.05) is 6.54 Å². The first kappa shape index (κ1) is 17.0. The fourth-order valence-electron chi connectivity index (χ4n) is 0.932. The van der Waals surface area contributed by atoms with Gasteiger partial charge >= 0.3 is 0 Å². The van der Waals surface area contributed by atoms with Crippen LogP contribution in [0.5, 0.6) is 0 Å². The Labute approximate surface area is 98.1 Å². The van der Waals surface area contributed by atoms with Crippen molar-refractivity contribution in [2.24, 2.45) is 22.4 Å². The molecule has 1 amide bonds. The lowest BCUT2D eigenvalue weighted by atomic mass is 10.1. The van der Waals surface area contributed by atoms with Gasteiger partial charge in [-0.25, -0.2) is 16.0 Å². The molecule has 0 heterocycles. The Hall–Kier alpha value is -1.45. The number of hydrazone groups is 1. The minimum absolute atomic E-state index is 0. The molecule has 0 spiro atoms. The largest absolute Gasteiger partial charge is 0.368 e. The van der Waals surface area contributed by atoms with Crippen molar-refractivity contribution in [3.05, 3.63) is 10.1 Å². The van der Waals surface area contributed by atoms with Gasteiger partial charge in [0, 0.05) is 0 Å². The van der Waals surface area contributed by atoms with E-state index in [1.54, 1.807) is 0 Å². The zero-order valence-corrected chi connectivity index (χ0v) is 9.30. The van der Waals surface area contributed by atoms with Crippen molar-refractivity contribution in [2.45, 2.75) is 18.9 Å². The maximum absolute atomic E-state index is 10.9. The van der Waals surface area contributed by atoms with Crippen LogP contribution in [0, 0.1) is 10.1 Å². The number of carbonyl (C=O) groups is 1. The maximum atomic E-state index is 10.9. The van der Waals surface area contributed by atoms with Crippen LogP contribution in [-0.4, -0.2) is 34.9 Å². The SMILES string of the molecule is Cl.NCCC[C@@H](C(N)=O)N(N)C=N[N+](=O)[O-]. The average molecular weight is 255 g/mol. The lowest BCUT2D eigenvalue weighted by Gasteiger charge is -2.20. The fourth-order valence-corrected chi connectivity index (χ4v) is 0.932. The van der Waals surface area contributed by atoms with Gasteiger partial charge in [0.15, 0.2) is 11.4 Å². The molecule has 0 unspecified atom stereocenters. The molecule has 0 aromatic rings. The predicted molar refractivity (Wildman–Crippen MR) is 60.0 cm³/mol. The number of nitrogens with two attached hydrogens (primary N) is 3. The Balaban J connectivity index is 0. The van der Waals surface area contributed by atoms with Crippen molar-refractivity contribution >= 4 is 24.7 Å². The predicted octanol–water partition coefficient (Wildman–Crippen LogP) is -1.60. The standard InChI is InChI=1S/C6H14N6O3.ClH/c7-3-1-2-5(6(8)13)11(9)4-10-12(14)15;/h4-5H,1-3,7,9H2,(H2,8,13);1H/t5-;/m0./s1. The van der Waals surface area contributed by atoms with E-state index in [0.717, 1.165) is 11.3 Å². The molecule has 0 saturated heterocycles. The summed E-state index contributed by atoms with van der Waals surface area (Å²) < 4.78 is 0. The van der Waals surface area contributed by atoms with Crippen LogP contribution < -0.4 is 17.3 Å². The summed E-state index contributed by atoms with van der Waals surface area (Å²) in [6.07, 6.45) is 1.60. The van der Waals surface area contributed by atoms with E-state index in [0.29, 0.717) is 19.4 Å². The molecule has 16 heavy (non-hydrogen) atoms. The molecule has 0 aromatic heterocycles. The van der Waals surface area contributed by atoms with Crippen molar-refractivity contribution in [3.8, 4) is 0 Å². The summed E-state index contributed by atoms with van der Waals surface area (Å²) in [5, 5.41) is 12.6. The Bertz CT molecular complexity index is 261. The van der Waals surface area contributed by atoms with Crippen LogP contribution in [0.2, 0.25) is 0 Å². The van der Waals surface area contributed by atoms with E-state index in [9.17, 15) is 14.9 Å². The molecular formula is C6H15ClN6O3. The van der Waals surface area contributed by atoms with Crippen molar-refractivity contribution in [1.82, 2.24) is 5.01 Å². The number of nitro groups is 1. The lowest BCUT2D eigenvalue weighted by molar-refractivity contribution is -0.485. The monoisotopic (exact) mass is 254 g/mol. The second-order valence-electron chi connectivity index (χ2n) is 2.77. The van der Waals surface area contributed by atoms with Crippen LogP contribution in [0.1, 0.15) is 12.8 Å². The number of hydrogen-bond acceptors (Lipinski definition) is 5. The topological polar surface area (TPSA) is 154 Å². The van der Waals surface area contributed by atoms with Crippen LogP contribution in [0.25, 0.3) is 0 Å². The van der Waals surface area contributed by atoms with E-state index < -0.39 is 17.0 Å². The summed E-state index contributed by atoms with van der Waals surface area (Å²) in [5.74, 6) is 4.67. The lowest BCUT2D eigenvalue weighted by Crippen LogP contribution is -2.48. The highest BCUT2D eigenvalue weighted by molar-refractivity contribution is 5.85. The van der Waals surface area contributed by atoms with Crippen LogP contribution in [-0.2, 0) is 4.79 Å². The summed E-state index contributed by atoms with van der Waals surface area (Å²) in [6, 6.07) is -0.836. The van der Waals surface area contributed by atoms with Crippen molar-refractivity contribution < 1.29 is 9.83 Å². The first-order valence-electron chi connectivity index (χ1n) is 4.20. The minimum atomic E-state index is -0.930. The number of primary amides is 1. The van der Waals surface area contributed by atoms with Gasteiger partial charge in [0.25, 0.3) is 0 Å². The highest BCUT2D eigenvalue weighted by Gasteiger charge is 2.19. The van der Waals surface area contributed by atoms with Gasteiger partial charge in [0.1, 0.15) is 6.04 Å². The number of carbonyl (C=O) groups excluding carboxylic acids is 1. The summed E-state index contributed by atoms with van der Waals surface area (Å²) >= 11 is 0. The number of hydrazine groups is 1. The minimum Gasteiger partial charge on any atom is -0.368 e. The molecule has 0 saturated carbocycles. The molecule has 0 aromatic carbocycles. The third-order valence-corrected chi connectivity index (χ3v) is 1.65. The second-order valence-corrected chi connectivity index (χ2v) is 2.77. The number of halogens is 1. The van der Waals surface area contributed by atoms with E-state index >= 15 is 0 Å². The molecule has 9 nitrogen and oxygen atoms in total. The molecule has 94 valence electrons. The Morgan fingerprint density at radius 2 is 2.19 bits per heavy atom. The van der Waals surface area contributed by atoms with E-state index in [-0.39, 0.29) is 12.4 Å². The second kappa shape index (κ2) is 8.83. The molecule has 1 atom stereocenters. The normalized spacial score (nSPS) is 11.9. The maximum Gasteiger partial charge on any atom is 0.241 e. The number of rotatable bonds is 7. The Morgan fingerprint density at radius 1 is 1.62 bits per heavy atom. The summed E-state index contributed by atoms with van der Waals surface area (Å²) in [5.41, 5.74) is 10.3. The highest BCUT2D eigenvalue weighted by atomic mass is 35.5. The van der Waals surface area contributed by atoms with E-state index in [1.807, 2.05) is 0 Å². The molecule has 0 radical (unpaired) electrons. The quantitative estimate of drug-likeness (QED) is 0.163. The van der Waals surface area contributed by atoms with Gasteiger partial charge in [-0.2, -0.15) is 0 Å². The van der Waals surface area contributed by atoms with Gasteiger partial charge in [-0.3, -0.25) is 9.80 Å². The first-order valence-corrected chi connectivity index (χ1v) is 4.20. The Kier molecular flexibility index (Phi) is 9.36. The zero-order chi connectivity index (χ0) is 11.8. The molecule has 0 bridgehead atoms. The first-order chi connectivity index (χ1) is 6.99. The van der Waals surface area contributed by atoms with Crippen LogP contribution in [0.15, 0.2) is 5.10 Å². The summed E-state index contributed by atoms with van der Waals surface area (Å²) in [4.78, 5) is 20.8. The highest BCUT2D eigenvalue weighted by Crippen LogP contribution is 2.00. The molecule has 0 rings (SSSR count). The van der Waals surface area contributed by atoms with Crippen LogP contribution in [0.3, 0.4) is 0 Å². The average Bonchev–Trinajstić information content (AvgIpc) is 2.14. The van der Waals surface area contributed by atoms with E-state index in [4.69, 9.17) is 17.3 Å². The van der Waals surface area contributed by atoms with Crippen molar-refractivity contribution in [3.63, 3.8) is 0 Å². The molecule has 0 aliphatic rings. The number of amides is 1. The summed E-state index contributed by atoms with van der Waals surface area (Å²) in [6.45, 7) is 0.379. The zero-order valence-electron chi connectivity index (χ0n) is 8.48.